The smallest absolute Gasteiger partial charge is 0.194 e. The van der Waals surface area contributed by atoms with E-state index in [-0.39, 0.29) is 43.0 Å². The van der Waals surface area contributed by atoms with Crippen LogP contribution in [0.4, 0.5) is 0 Å². The van der Waals surface area contributed by atoms with E-state index < -0.39 is 26.6 Å². The Morgan fingerprint density at radius 3 is 1.75 bits per heavy atom. The lowest BCUT2D eigenvalue weighted by Crippen LogP contribution is -2.52. The van der Waals surface area contributed by atoms with E-state index >= 15 is 4.79 Å². The normalized spacial score (nSPS) is 14.6. The average Bonchev–Trinajstić information content (AvgIpc) is 4.10. The lowest BCUT2D eigenvalue weighted by Gasteiger charge is -2.37. The number of Topliss-reactive ketones (excluding diaryl/α,β-unsaturated/α-hetero) is 2. The lowest BCUT2D eigenvalue weighted by atomic mass is 9.94. The molecular weight excluding hydrogens is 804 g/mol. The molecule has 1 aliphatic carbocycles. The minimum absolute atomic E-state index is 0.0874. The largest absolute Gasteiger partial charge is 0.491 e. The molecule has 0 heterocycles. The van der Waals surface area contributed by atoms with Gasteiger partial charge >= 0.3 is 0 Å². The molecule has 0 aliphatic heterocycles. The molecule has 0 spiro atoms. The first-order valence-electron chi connectivity index (χ1n) is 21.2. The molecule has 0 amide bonds. The van der Waals surface area contributed by atoms with Gasteiger partial charge in [0.05, 0.1) is 39.1 Å². The van der Waals surface area contributed by atoms with Crippen molar-refractivity contribution in [2.24, 2.45) is 0 Å². The Hall–Kier alpha value is -4.45. The van der Waals surface area contributed by atoms with Gasteiger partial charge < -0.3 is 28.1 Å². The molecule has 322 valence electrons. The minimum Gasteiger partial charge on any atom is -0.491 e. The van der Waals surface area contributed by atoms with E-state index in [0.29, 0.717) is 36.3 Å². The van der Waals surface area contributed by atoms with Crippen LogP contribution in [-0.2, 0) is 54.4 Å². The van der Waals surface area contributed by atoms with Gasteiger partial charge in [-0.25, -0.2) is 0 Å². The second-order valence-corrected chi connectivity index (χ2v) is 22.3. The molecule has 1 aliphatic rings. The van der Waals surface area contributed by atoms with Gasteiger partial charge in [0.15, 0.2) is 19.9 Å². The highest BCUT2D eigenvalue weighted by Gasteiger charge is 2.43. The van der Waals surface area contributed by atoms with Crippen LogP contribution in [0.15, 0.2) is 133 Å². The Morgan fingerprint density at radius 1 is 0.672 bits per heavy atom. The molecule has 0 saturated heterocycles. The molecule has 5 aromatic rings. The van der Waals surface area contributed by atoms with Crippen molar-refractivity contribution in [2.45, 2.75) is 102 Å². The molecule has 1 saturated carbocycles. The number of halogens is 1. The summed E-state index contributed by atoms with van der Waals surface area (Å²) in [4.78, 5) is 29.8. The molecule has 0 aromatic heterocycles. The zero-order valence-electron chi connectivity index (χ0n) is 36.0. The third-order valence-electron chi connectivity index (χ3n) is 11.3. The van der Waals surface area contributed by atoms with Gasteiger partial charge in [-0.05, 0) is 95.5 Å². The SMILES string of the molecule is CC(C)(C)[Si](C)(C)OCC(=O)[C@@H](OCc1ccccc1)[C@H](OCc1ccccc1)[C@@H](OCc1ccccc1)C(=O)c1ccc(Cl)c(Cc2ccc(OCCOC3CC3)cc2)c1. The molecule has 5 aromatic carbocycles. The highest BCUT2D eigenvalue weighted by atomic mass is 35.5. The second kappa shape index (κ2) is 22.1. The summed E-state index contributed by atoms with van der Waals surface area (Å²) in [7, 11) is -2.36. The average molecular weight is 864 g/mol. The minimum atomic E-state index is -2.36. The van der Waals surface area contributed by atoms with Crippen molar-refractivity contribution in [3.8, 4) is 5.75 Å². The molecule has 0 radical (unpaired) electrons. The van der Waals surface area contributed by atoms with Crippen molar-refractivity contribution in [1.29, 1.82) is 0 Å². The van der Waals surface area contributed by atoms with Gasteiger partial charge in [0, 0.05) is 10.6 Å². The molecule has 3 atom stereocenters. The third kappa shape index (κ3) is 14.0. The summed E-state index contributed by atoms with van der Waals surface area (Å²) in [5, 5.41) is 0.385. The standard InChI is InChI=1S/C51H59ClO8Si/c1-51(2,3)61(4,5)60-36-46(53)48(57-33-38-15-9-6-10-16-38)50(59-35-40-19-13-8-14-20-40)49(58-34-39-17-11-7-12-18-39)47(54)41-23-28-45(52)42(32-41)31-37-21-24-43(25-22-37)55-29-30-56-44-26-27-44/h6-25,28,32,44,48-50H,26-27,29-31,33-36H2,1-5H3/t48-,49+,50+/m1/s1. The van der Waals surface area contributed by atoms with Gasteiger partial charge in [0.25, 0.3) is 0 Å². The maximum atomic E-state index is 15.1. The predicted octanol–water partition coefficient (Wildman–Crippen LogP) is 11.0. The second-order valence-electron chi connectivity index (χ2n) is 17.1. The van der Waals surface area contributed by atoms with E-state index in [1.807, 2.05) is 115 Å². The summed E-state index contributed by atoms with van der Waals surface area (Å²) in [6.07, 6.45) is -0.546. The molecular formula is C51H59ClO8Si. The Balaban J connectivity index is 1.32. The van der Waals surface area contributed by atoms with Crippen LogP contribution in [0.25, 0.3) is 0 Å². The number of carbonyl (C=O) groups excluding carboxylic acids is 2. The fourth-order valence-electron chi connectivity index (χ4n) is 6.42. The first-order chi connectivity index (χ1) is 29.4. The molecule has 10 heteroatoms. The molecule has 1 fully saturated rings. The Labute approximate surface area is 367 Å². The van der Waals surface area contributed by atoms with E-state index in [9.17, 15) is 4.79 Å². The van der Waals surface area contributed by atoms with Crippen LogP contribution < -0.4 is 4.74 Å². The number of ether oxygens (including phenoxy) is 5. The topological polar surface area (TPSA) is 89.5 Å². The number of ketones is 2. The summed E-state index contributed by atoms with van der Waals surface area (Å²) >= 11 is 6.81. The van der Waals surface area contributed by atoms with Crippen molar-refractivity contribution >= 4 is 31.5 Å². The van der Waals surface area contributed by atoms with E-state index in [2.05, 4.69) is 33.9 Å². The lowest BCUT2D eigenvalue weighted by molar-refractivity contribution is -0.162. The van der Waals surface area contributed by atoms with Crippen LogP contribution in [0.5, 0.6) is 5.75 Å². The highest BCUT2D eigenvalue weighted by molar-refractivity contribution is 6.74. The van der Waals surface area contributed by atoms with Crippen molar-refractivity contribution in [3.05, 3.63) is 172 Å². The molecule has 0 unspecified atom stereocenters. The van der Waals surface area contributed by atoms with Crippen LogP contribution in [0, 0.1) is 0 Å². The van der Waals surface area contributed by atoms with Crippen LogP contribution >= 0.6 is 11.6 Å². The molecule has 8 nitrogen and oxygen atoms in total. The predicted molar refractivity (Wildman–Crippen MR) is 243 cm³/mol. The Morgan fingerprint density at radius 2 is 1.21 bits per heavy atom. The van der Waals surface area contributed by atoms with Crippen molar-refractivity contribution < 1.29 is 37.7 Å². The zero-order chi connectivity index (χ0) is 43.2. The van der Waals surface area contributed by atoms with E-state index in [4.69, 9.17) is 39.7 Å². The monoisotopic (exact) mass is 862 g/mol. The first kappa shape index (κ1) is 46.1. The van der Waals surface area contributed by atoms with Crippen molar-refractivity contribution in [2.75, 3.05) is 19.8 Å². The maximum absolute atomic E-state index is 15.1. The number of benzene rings is 5. The summed E-state index contributed by atoms with van der Waals surface area (Å²) in [6.45, 7) is 11.7. The molecule has 0 N–H and O–H groups in total. The highest BCUT2D eigenvalue weighted by Crippen LogP contribution is 2.37. The Kier molecular flexibility index (Phi) is 16.7. The van der Waals surface area contributed by atoms with Gasteiger partial charge in [-0.3, -0.25) is 9.59 Å². The van der Waals surface area contributed by atoms with Crippen LogP contribution in [0.1, 0.15) is 71.8 Å². The van der Waals surface area contributed by atoms with E-state index in [1.54, 1.807) is 18.2 Å². The molecule has 6 rings (SSSR count). The van der Waals surface area contributed by atoms with Crippen LogP contribution in [-0.4, -0.2) is 64.1 Å². The maximum Gasteiger partial charge on any atom is 0.194 e. The summed E-state index contributed by atoms with van der Waals surface area (Å²) in [5.41, 5.74) is 4.72. The van der Waals surface area contributed by atoms with E-state index in [1.165, 1.54) is 0 Å². The zero-order valence-corrected chi connectivity index (χ0v) is 37.8. The number of carbonyl (C=O) groups is 2. The fraction of sp³-hybridized carbons (Fsp3) is 0.373. The van der Waals surface area contributed by atoms with Gasteiger partial charge in [0.2, 0.25) is 0 Å². The van der Waals surface area contributed by atoms with Crippen LogP contribution in [0.3, 0.4) is 0 Å². The molecule has 61 heavy (non-hydrogen) atoms. The van der Waals surface area contributed by atoms with Gasteiger partial charge in [-0.2, -0.15) is 0 Å². The number of hydrogen-bond donors (Lipinski definition) is 0. The fourth-order valence-corrected chi connectivity index (χ4v) is 7.54. The summed E-state index contributed by atoms with van der Waals surface area (Å²) in [6, 6.07) is 42.0. The van der Waals surface area contributed by atoms with Crippen molar-refractivity contribution in [1.82, 2.24) is 0 Å². The quantitative estimate of drug-likeness (QED) is 0.0344. The summed E-state index contributed by atoms with van der Waals surface area (Å²) < 4.78 is 38.0. The number of rotatable bonds is 24. The number of hydrogen-bond acceptors (Lipinski definition) is 8. The van der Waals surface area contributed by atoms with E-state index in [0.717, 1.165) is 46.4 Å². The molecule has 0 bridgehead atoms. The third-order valence-corrected chi connectivity index (χ3v) is 16.1. The van der Waals surface area contributed by atoms with Crippen molar-refractivity contribution in [3.63, 3.8) is 0 Å². The van der Waals surface area contributed by atoms with Gasteiger partial charge in [-0.1, -0.05) is 136 Å². The summed E-state index contributed by atoms with van der Waals surface area (Å²) in [5.74, 6) is 0.0570. The first-order valence-corrected chi connectivity index (χ1v) is 24.4. The van der Waals surface area contributed by atoms with Gasteiger partial charge in [0.1, 0.15) is 30.7 Å². The van der Waals surface area contributed by atoms with Gasteiger partial charge in [-0.15, -0.1) is 0 Å². The Bertz CT molecular complexity index is 2120. The van der Waals surface area contributed by atoms with Crippen LogP contribution in [0.2, 0.25) is 23.2 Å².